The summed E-state index contributed by atoms with van der Waals surface area (Å²) < 4.78 is 61.8. The first-order chi connectivity index (χ1) is 17.4. The molecule has 6 nitrogen and oxygen atoms in total. The number of carboxylic acid groups (broad SMARTS) is 1. The molecule has 1 aromatic carbocycles. The van der Waals surface area contributed by atoms with Gasteiger partial charge in [0.2, 0.25) is 0 Å². The number of carbonyl (C=O) groups excluding carboxylic acids is 1. The third-order valence-electron chi connectivity index (χ3n) is 10.4. The molecule has 6 atom stereocenters. The summed E-state index contributed by atoms with van der Waals surface area (Å²) in [6.45, 7) is -0.748. The highest BCUT2D eigenvalue weighted by Crippen LogP contribution is 2.81. The topological polar surface area (TPSA) is 87.1 Å². The third kappa shape index (κ3) is 3.32. The molecule has 6 saturated carbocycles. The predicted octanol–water partition coefficient (Wildman–Crippen LogP) is 4.36. The molecule has 0 spiro atoms. The zero-order chi connectivity index (χ0) is 26.1. The standard InChI is InChI=1S/C27H29F4NO5/c28-18-7-20(37-11-25-8-12-3-14-5-15(4-12)22(25)21(14)25)16(13-1-2-13)6-17(18)23(33)32-10-26(36,27(29,30)31)9-19(32)24(34)35/h6-7,12-15,19,21-22,36H,1-5,8-11H2,(H,34,35)/t12?,14?,15?,19-,21?,22?,25?,26?/m0/s1. The molecular weight excluding hydrogens is 494 g/mol. The van der Waals surface area contributed by atoms with Crippen molar-refractivity contribution < 1.29 is 42.1 Å². The summed E-state index contributed by atoms with van der Waals surface area (Å²) in [6.07, 6.45) is 0.421. The van der Waals surface area contributed by atoms with Gasteiger partial charge in [-0.05, 0) is 85.7 Å². The van der Waals surface area contributed by atoms with E-state index in [0.717, 1.165) is 43.1 Å². The number of ether oxygens (including phenoxy) is 1. The number of alkyl halides is 3. The van der Waals surface area contributed by atoms with E-state index in [-0.39, 0.29) is 11.3 Å². The second-order valence-corrected chi connectivity index (χ2v) is 12.5. The van der Waals surface area contributed by atoms with Gasteiger partial charge in [-0.25, -0.2) is 9.18 Å². The van der Waals surface area contributed by atoms with Gasteiger partial charge in [-0.1, -0.05) is 0 Å². The second-order valence-electron chi connectivity index (χ2n) is 12.5. The summed E-state index contributed by atoms with van der Waals surface area (Å²) in [5, 5.41) is 19.5. The molecule has 1 aromatic rings. The van der Waals surface area contributed by atoms with Crippen molar-refractivity contribution in [3.8, 4) is 5.75 Å². The Morgan fingerprint density at radius 1 is 1.08 bits per heavy atom. The number of aliphatic carboxylic acids is 1. The summed E-state index contributed by atoms with van der Waals surface area (Å²) in [6, 6.07) is 0.539. The number of amides is 1. The van der Waals surface area contributed by atoms with Gasteiger partial charge in [0, 0.05) is 17.9 Å². The lowest BCUT2D eigenvalue weighted by atomic mass is 9.62. The van der Waals surface area contributed by atoms with Crippen molar-refractivity contribution in [1.29, 1.82) is 0 Å². The van der Waals surface area contributed by atoms with Crippen LogP contribution in [0.2, 0.25) is 0 Å². The number of hydrogen-bond donors (Lipinski definition) is 2. The molecule has 6 aliphatic carbocycles. The molecule has 7 aliphatic rings. The minimum Gasteiger partial charge on any atom is -0.493 e. The van der Waals surface area contributed by atoms with Crippen LogP contribution in [-0.4, -0.2) is 58.0 Å². The normalized spacial score (nSPS) is 41.3. The van der Waals surface area contributed by atoms with Crippen LogP contribution >= 0.6 is 0 Å². The SMILES string of the molecule is O=C(O)[C@@H]1CC(O)(C(F)(F)F)CN1C(=O)c1cc(C2CC2)c(OCC23CC4CC5CC(C4)C2C53)cc1F. The van der Waals surface area contributed by atoms with Crippen molar-refractivity contribution in [3.05, 3.63) is 29.1 Å². The highest BCUT2D eigenvalue weighted by atomic mass is 19.4. The molecule has 7 fully saturated rings. The monoisotopic (exact) mass is 523 g/mol. The minimum atomic E-state index is -5.13. The summed E-state index contributed by atoms with van der Waals surface area (Å²) in [4.78, 5) is 25.3. The number of carbonyl (C=O) groups is 2. The van der Waals surface area contributed by atoms with Crippen LogP contribution in [-0.2, 0) is 4.79 Å². The van der Waals surface area contributed by atoms with Gasteiger partial charge in [-0.3, -0.25) is 4.79 Å². The van der Waals surface area contributed by atoms with Crippen molar-refractivity contribution in [2.75, 3.05) is 13.2 Å². The molecule has 4 bridgehead atoms. The lowest BCUT2D eigenvalue weighted by Gasteiger charge is -2.43. The van der Waals surface area contributed by atoms with Crippen molar-refractivity contribution >= 4 is 11.9 Å². The van der Waals surface area contributed by atoms with Gasteiger partial charge in [0.15, 0.2) is 5.60 Å². The summed E-state index contributed by atoms with van der Waals surface area (Å²) in [5.74, 6) is 0.310. The average molecular weight is 524 g/mol. The van der Waals surface area contributed by atoms with Gasteiger partial charge >= 0.3 is 12.1 Å². The van der Waals surface area contributed by atoms with E-state index in [4.69, 9.17) is 4.74 Å². The highest BCUT2D eigenvalue weighted by Gasteiger charge is 2.77. The lowest BCUT2D eigenvalue weighted by molar-refractivity contribution is -0.253. The van der Waals surface area contributed by atoms with E-state index in [1.807, 2.05) is 0 Å². The number of β-amino-alcohol motifs (C(OH)–C–C–N with tert-alkyl or cyclic N) is 1. The van der Waals surface area contributed by atoms with E-state index in [9.17, 15) is 33.0 Å². The first kappa shape index (κ1) is 23.7. The predicted molar refractivity (Wildman–Crippen MR) is 120 cm³/mol. The molecule has 0 radical (unpaired) electrons. The molecule has 8 rings (SSSR count). The van der Waals surface area contributed by atoms with Crippen LogP contribution in [0.25, 0.3) is 0 Å². The van der Waals surface area contributed by atoms with Crippen molar-refractivity contribution in [2.24, 2.45) is 35.0 Å². The molecule has 37 heavy (non-hydrogen) atoms. The van der Waals surface area contributed by atoms with Crippen molar-refractivity contribution in [2.45, 2.75) is 68.7 Å². The van der Waals surface area contributed by atoms with Crippen LogP contribution in [0, 0.1) is 40.8 Å². The maximum atomic E-state index is 15.3. The summed E-state index contributed by atoms with van der Waals surface area (Å²) in [5.41, 5.74) is -3.05. The molecule has 5 unspecified atom stereocenters. The molecule has 1 aliphatic heterocycles. The van der Waals surface area contributed by atoms with Gasteiger partial charge in [-0.15, -0.1) is 0 Å². The fourth-order valence-electron chi connectivity index (χ4n) is 8.90. The number of rotatable bonds is 6. The van der Waals surface area contributed by atoms with E-state index < -0.39 is 54.0 Å². The molecular formula is C27H29F4NO5. The largest absolute Gasteiger partial charge is 0.493 e. The van der Waals surface area contributed by atoms with Gasteiger partial charge in [-0.2, -0.15) is 13.2 Å². The van der Waals surface area contributed by atoms with Crippen LogP contribution in [0.15, 0.2) is 12.1 Å². The van der Waals surface area contributed by atoms with Gasteiger partial charge in [0.05, 0.1) is 18.7 Å². The third-order valence-corrected chi connectivity index (χ3v) is 10.4. The van der Waals surface area contributed by atoms with E-state index in [1.165, 1.54) is 25.3 Å². The van der Waals surface area contributed by atoms with Crippen molar-refractivity contribution in [1.82, 2.24) is 4.90 Å². The Hall–Kier alpha value is -2.36. The Morgan fingerprint density at radius 2 is 1.76 bits per heavy atom. The first-order valence-electron chi connectivity index (χ1n) is 13.2. The number of halogens is 4. The maximum absolute atomic E-state index is 15.3. The minimum absolute atomic E-state index is 0.0619. The Labute approximate surface area is 211 Å². The second kappa shape index (κ2) is 7.39. The molecule has 1 heterocycles. The molecule has 2 N–H and O–H groups in total. The highest BCUT2D eigenvalue weighted by molar-refractivity contribution is 5.98. The zero-order valence-electron chi connectivity index (χ0n) is 20.1. The van der Waals surface area contributed by atoms with Gasteiger partial charge in [0.25, 0.3) is 5.91 Å². The van der Waals surface area contributed by atoms with Crippen LogP contribution < -0.4 is 4.74 Å². The zero-order valence-corrected chi connectivity index (χ0v) is 20.1. The molecule has 200 valence electrons. The fraction of sp³-hybridized carbons (Fsp3) is 0.704. The smallest absolute Gasteiger partial charge is 0.419 e. The maximum Gasteiger partial charge on any atom is 0.419 e. The van der Waals surface area contributed by atoms with E-state index in [0.29, 0.717) is 34.7 Å². The Kier molecular flexibility index (Phi) is 4.74. The van der Waals surface area contributed by atoms with Crippen molar-refractivity contribution in [3.63, 3.8) is 0 Å². The van der Waals surface area contributed by atoms with Crippen LogP contribution in [0.3, 0.4) is 0 Å². The number of benzene rings is 1. The molecule has 1 saturated heterocycles. The Bertz CT molecular complexity index is 1180. The van der Waals surface area contributed by atoms with Crippen LogP contribution in [0.5, 0.6) is 5.75 Å². The first-order valence-corrected chi connectivity index (χ1v) is 13.2. The van der Waals surface area contributed by atoms with Gasteiger partial charge in [0.1, 0.15) is 17.6 Å². The molecule has 10 heteroatoms. The average Bonchev–Trinajstić information content (AvgIpc) is 3.70. The Balaban J connectivity index is 1.15. The summed E-state index contributed by atoms with van der Waals surface area (Å²) >= 11 is 0. The van der Waals surface area contributed by atoms with E-state index >= 15 is 4.39 Å². The fourth-order valence-corrected chi connectivity index (χ4v) is 8.90. The van der Waals surface area contributed by atoms with Gasteiger partial charge < -0.3 is 19.8 Å². The number of aliphatic hydroxyl groups is 1. The quantitative estimate of drug-likeness (QED) is 0.542. The lowest BCUT2D eigenvalue weighted by Crippen LogP contribution is -2.48. The Morgan fingerprint density at radius 3 is 2.35 bits per heavy atom. The number of nitrogens with zero attached hydrogens (tertiary/aromatic N) is 1. The van der Waals surface area contributed by atoms with Crippen LogP contribution in [0.4, 0.5) is 17.6 Å². The number of likely N-dealkylation sites (tertiary alicyclic amines) is 1. The number of carboxylic acids is 1. The summed E-state index contributed by atoms with van der Waals surface area (Å²) in [7, 11) is 0. The van der Waals surface area contributed by atoms with Crippen LogP contribution in [0.1, 0.15) is 66.8 Å². The van der Waals surface area contributed by atoms with E-state index in [2.05, 4.69) is 0 Å². The molecule has 0 aromatic heterocycles. The molecule has 1 amide bonds. The van der Waals surface area contributed by atoms with E-state index in [1.54, 1.807) is 0 Å². The number of hydrogen-bond acceptors (Lipinski definition) is 4.